The Bertz CT molecular complexity index is 1370. The molecule has 5 rings (SSSR count). The van der Waals surface area contributed by atoms with Gasteiger partial charge in [0.1, 0.15) is 5.00 Å². The van der Waals surface area contributed by atoms with Gasteiger partial charge >= 0.3 is 5.97 Å². The van der Waals surface area contributed by atoms with Crippen molar-refractivity contribution in [3.05, 3.63) is 70.9 Å². The Morgan fingerprint density at radius 1 is 1.14 bits per heavy atom. The van der Waals surface area contributed by atoms with Crippen molar-refractivity contribution in [2.75, 3.05) is 17.7 Å². The first-order valence-electron chi connectivity index (χ1n) is 11.8. The van der Waals surface area contributed by atoms with E-state index in [-0.39, 0.29) is 18.3 Å². The minimum atomic E-state index is -0.361. The van der Waals surface area contributed by atoms with Gasteiger partial charge in [0.15, 0.2) is 11.0 Å². The smallest absolute Gasteiger partial charge is 0.341 e. The lowest BCUT2D eigenvalue weighted by molar-refractivity contribution is -0.115. The van der Waals surface area contributed by atoms with Crippen molar-refractivity contribution in [2.24, 2.45) is 0 Å². The summed E-state index contributed by atoms with van der Waals surface area (Å²) in [5, 5.41) is 13.0. The molecule has 36 heavy (non-hydrogen) atoms. The minimum absolute atomic E-state index is 0.147. The van der Waals surface area contributed by atoms with Crippen molar-refractivity contribution in [1.82, 2.24) is 19.7 Å². The van der Waals surface area contributed by atoms with E-state index in [1.54, 1.807) is 19.3 Å². The number of aromatic nitrogens is 4. The van der Waals surface area contributed by atoms with Gasteiger partial charge in [-0.05, 0) is 56.0 Å². The van der Waals surface area contributed by atoms with Gasteiger partial charge in [0.05, 0.1) is 12.2 Å². The molecule has 1 aliphatic rings. The molecular weight excluding hydrogens is 494 g/mol. The molecule has 0 atom stereocenters. The van der Waals surface area contributed by atoms with Crippen LogP contribution in [0.5, 0.6) is 0 Å². The van der Waals surface area contributed by atoms with Gasteiger partial charge in [-0.2, -0.15) is 0 Å². The number of benzene rings is 1. The predicted octanol–water partition coefficient (Wildman–Crippen LogP) is 5.18. The molecule has 1 aliphatic carbocycles. The van der Waals surface area contributed by atoms with Crippen molar-refractivity contribution < 1.29 is 14.3 Å². The lowest BCUT2D eigenvalue weighted by Gasteiger charge is -2.10. The van der Waals surface area contributed by atoms with E-state index in [9.17, 15) is 9.59 Å². The molecule has 0 spiro atoms. The number of para-hydroxylation sites is 1. The highest BCUT2D eigenvalue weighted by molar-refractivity contribution is 7.99. The third-order valence-electron chi connectivity index (χ3n) is 5.78. The minimum Gasteiger partial charge on any atom is -0.462 e. The number of carbonyl (C=O) groups is 2. The van der Waals surface area contributed by atoms with Crippen LogP contribution in [-0.2, 0) is 22.4 Å². The Morgan fingerprint density at radius 2 is 2.00 bits per heavy atom. The number of aryl methyl sites for hydroxylation is 1. The van der Waals surface area contributed by atoms with Gasteiger partial charge < -0.3 is 10.1 Å². The first-order chi connectivity index (χ1) is 17.7. The predicted molar refractivity (Wildman–Crippen MR) is 141 cm³/mol. The van der Waals surface area contributed by atoms with Crippen LogP contribution in [0.3, 0.4) is 0 Å². The summed E-state index contributed by atoms with van der Waals surface area (Å²) in [7, 11) is 0. The van der Waals surface area contributed by atoms with E-state index in [2.05, 4.69) is 20.5 Å². The number of nitrogens with zero attached hydrogens (tertiary/aromatic N) is 4. The number of ether oxygens (including phenoxy) is 1. The van der Waals surface area contributed by atoms with E-state index >= 15 is 0 Å². The molecule has 0 saturated carbocycles. The molecule has 1 amide bonds. The molecule has 10 heteroatoms. The standard InChI is InChI=1S/C26H25N5O3S2/c1-2-34-25(33)22-19-11-6-12-20(19)36-24(22)28-21(32)13-15-35-26-30-29-23(17-8-7-14-27-16-17)31(26)18-9-4-3-5-10-18/h3-5,7-10,14,16H,2,6,11-13,15H2,1H3,(H,28,32). The lowest BCUT2D eigenvalue weighted by atomic mass is 10.1. The molecule has 3 heterocycles. The van der Waals surface area contributed by atoms with Crippen LogP contribution in [0.2, 0.25) is 0 Å². The first kappa shape index (κ1) is 24.2. The van der Waals surface area contributed by atoms with Gasteiger partial charge in [-0.15, -0.1) is 21.5 Å². The van der Waals surface area contributed by atoms with Gasteiger partial charge in [0.2, 0.25) is 5.91 Å². The number of pyridine rings is 1. The Labute approximate surface area is 217 Å². The Balaban J connectivity index is 1.30. The van der Waals surface area contributed by atoms with E-state index in [1.807, 2.05) is 47.0 Å². The van der Waals surface area contributed by atoms with E-state index < -0.39 is 0 Å². The van der Waals surface area contributed by atoms with Crippen LogP contribution in [0.4, 0.5) is 5.00 Å². The Morgan fingerprint density at radius 3 is 2.78 bits per heavy atom. The van der Waals surface area contributed by atoms with Crippen LogP contribution < -0.4 is 5.32 Å². The topological polar surface area (TPSA) is 99.0 Å². The van der Waals surface area contributed by atoms with Crippen LogP contribution in [-0.4, -0.2) is 44.0 Å². The fourth-order valence-corrected chi connectivity index (χ4v) is 6.37. The average Bonchev–Trinajstić information content (AvgIpc) is 3.60. The summed E-state index contributed by atoms with van der Waals surface area (Å²) in [4.78, 5) is 30.8. The fraction of sp³-hybridized carbons (Fsp3) is 0.269. The molecule has 3 aromatic heterocycles. The molecule has 4 aromatic rings. The Hall–Kier alpha value is -3.50. The van der Waals surface area contributed by atoms with Gasteiger partial charge in [-0.1, -0.05) is 30.0 Å². The van der Waals surface area contributed by atoms with E-state index in [1.165, 1.54) is 28.0 Å². The molecule has 0 unspecified atom stereocenters. The summed E-state index contributed by atoms with van der Waals surface area (Å²) in [6.07, 6.45) is 6.55. The zero-order chi connectivity index (χ0) is 24.9. The second-order valence-electron chi connectivity index (χ2n) is 8.15. The largest absolute Gasteiger partial charge is 0.462 e. The van der Waals surface area contributed by atoms with Gasteiger partial charge in [0.25, 0.3) is 0 Å². The number of amides is 1. The average molecular weight is 520 g/mol. The van der Waals surface area contributed by atoms with E-state index in [0.717, 1.165) is 36.1 Å². The maximum atomic E-state index is 12.8. The summed E-state index contributed by atoms with van der Waals surface area (Å²) in [6.45, 7) is 2.09. The van der Waals surface area contributed by atoms with Crippen molar-refractivity contribution in [2.45, 2.75) is 37.8 Å². The molecule has 0 radical (unpaired) electrons. The van der Waals surface area contributed by atoms with Crippen LogP contribution in [0.15, 0.2) is 60.0 Å². The summed E-state index contributed by atoms with van der Waals surface area (Å²) < 4.78 is 7.23. The van der Waals surface area contributed by atoms with Crippen LogP contribution in [0.25, 0.3) is 17.1 Å². The van der Waals surface area contributed by atoms with Crippen molar-refractivity contribution in [1.29, 1.82) is 0 Å². The highest BCUT2D eigenvalue weighted by atomic mass is 32.2. The summed E-state index contributed by atoms with van der Waals surface area (Å²) in [5.41, 5.74) is 3.35. The molecule has 0 bridgehead atoms. The number of rotatable bonds is 9. The molecule has 0 saturated heterocycles. The monoisotopic (exact) mass is 519 g/mol. The SMILES string of the molecule is CCOC(=O)c1c(NC(=O)CCSc2nnc(-c3cccnc3)n2-c2ccccc2)sc2c1CCC2. The van der Waals surface area contributed by atoms with Crippen molar-refractivity contribution in [3.63, 3.8) is 0 Å². The van der Waals surface area contributed by atoms with Gasteiger partial charge in [-0.25, -0.2) is 4.79 Å². The van der Waals surface area contributed by atoms with Crippen LogP contribution in [0.1, 0.15) is 40.6 Å². The number of hydrogen-bond acceptors (Lipinski definition) is 8. The maximum Gasteiger partial charge on any atom is 0.341 e. The summed E-state index contributed by atoms with van der Waals surface area (Å²) >= 11 is 2.95. The number of thioether (sulfide) groups is 1. The van der Waals surface area contributed by atoms with Gasteiger partial charge in [0, 0.05) is 40.7 Å². The number of hydrogen-bond donors (Lipinski definition) is 1. The number of anilines is 1. The van der Waals surface area contributed by atoms with Crippen LogP contribution in [0, 0.1) is 0 Å². The third kappa shape index (κ3) is 5.05. The summed E-state index contributed by atoms with van der Waals surface area (Å²) in [6, 6.07) is 13.7. The molecule has 184 valence electrons. The number of carbonyl (C=O) groups excluding carboxylic acids is 2. The van der Waals surface area contributed by atoms with Gasteiger partial charge in [-0.3, -0.25) is 14.3 Å². The summed E-state index contributed by atoms with van der Waals surface area (Å²) in [5.74, 6) is 0.684. The quantitative estimate of drug-likeness (QED) is 0.240. The zero-order valence-corrected chi connectivity index (χ0v) is 21.4. The maximum absolute atomic E-state index is 12.8. The molecule has 1 N–H and O–H groups in total. The second kappa shape index (κ2) is 11.0. The number of thiophene rings is 1. The molecule has 0 aliphatic heterocycles. The third-order valence-corrected chi connectivity index (χ3v) is 7.92. The fourth-order valence-electron chi connectivity index (χ4n) is 4.19. The zero-order valence-electron chi connectivity index (χ0n) is 19.8. The second-order valence-corrected chi connectivity index (χ2v) is 10.3. The number of fused-ring (bicyclic) bond motifs is 1. The molecular formula is C26H25N5O3S2. The number of nitrogens with one attached hydrogen (secondary N) is 1. The lowest BCUT2D eigenvalue weighted by Crippen LogP contribution is -2.15. The molecule has 0 fully saturated rings. The number of esters is 1. The van der Waals surface area contributed by atoms with Crippen molar-refractivity contribution >= 4 is 40.0 Å². The van der Waals surface area contributed by atoms with Crippen LogP contribution >= 0.6 is 23.1 Å². The van der Waals surface area contributed by atoms with E-state index in [0.29, 0.717) is 33.9 Å². The highest BCUT2D eigenvalue weighted by Gasteiger charge is 2.28. The molecule has 1 aromatic carbocycles. The normalized spacial score (nSPS) is 12.4. The molecule has 8 nitrogen and oxygen atoms in total. The van der Waals surface area contributed by atoms with Crippen molar-refractivity contribution in [3.8, 4) is 17.1 Å². The highest BCUT2D eigenvalue weighted by Crippen LogP contribution is 2.39. The first-order valence-corrected chi connectivity index (χ1v) is 13.6. The Kier molecular flexibility index (Phi) is 7.43. The van der Waals surface area contributed by atoms with E-state index in [4.69, 9.17) is 4.74 Å².